The van der Waals surface area contributed by atoms with Crippen molar-refractivity contribution >= 4 is 0 Å². The van der Waals surface area contributed by atoms with Crippen LogP contribution in [0, 0.1) is 0 Å². The molecule has 1 aromatic heterocycles. The largest absolute Gasteiger partial charge is 0.491 e. The first-order valence-electron chi connectivity index (χ1n) is 8.94. The molecule has 0 bridgehead atoms. The Kier molecular flexibility index (Phi) is 5.68. The molecule has 1 heterocycles. The lowest BCUT2D eigenvalue weighted by atomic mass is 10.1. The molecule has 0 spiro atoms. The molecule has 26 heavy (non-hydrogen) atoms. The number of nitrogens with zero attached hydrogens (tertiary/aromatic N) is 4. The highest BCUT2D eigenvalue weighted by molar-refractivity contribution is 5.35. The van der Waals surface area contributed by atoms with Crippen molar-refractivity contribution in [1.29, 1.82) is 0 Å². The Morgan fingerprint density at radius 2 is 1.77 bits per heavy atom. The fraction of sp³-hybridized carbons (Fsp3) is 0.333. The van der Waals surface area contributed by atoms with Gasteiger partial charge in [-0.3, -0.25) is 4.90 Å². The molecule has 0 fully saturated rings. The highest BCUT2D eigenvalue weighted by Crippen LogP contribution is 2.26. The van der Waals surface area contributed by atoms with Crippen LogP contribution in [-0.4, -0.2) is 32.8 Å². The third kappa shape index (κ3) is 4.29. The zero-order chi connectivity index (χ0) is 18.5. The number of benzene rings is 2. The Labute approximate surface area is 155 Å². The summed E-state index contributed by atoms with van der Waals surface area (Å²) in [5, 5.41) is 4.17. The number of hydrogen-bond donors (Lipinski definition) is 0. The topological polar surface area (TPSA) is 43.2 Å². The van der Waals surface area contributed by atoms with Crippen LogP contribution in [0.1, 0.15) is 37.9 Å². The lowest BCUT2D eigenvalue weighted by Gasteiger charge is -2.26. The minimum absolute atomic E-state index is 0.170. The van der Waals surface area contributed by atoms with Crippen molar-refractivity contribution in [3.63, 3.8) is 0 Å². The Hall–Kier alpha value is -2.66. The standard InChI is InChI=1S/C21H26N4O/c1-16(2)26-21-8-6-5-7-19(21)13-24(4)17(3)18-9-11-20(12-10-18)25-15-22-14-23-25/h5-12,14-17H,13H2,1-4H3. The van der Waals surface area contributed by atoms with Crippen LogP contribution in [0.4, 0.5) is 0 Å². The molecule has 3 rings (SSSR count). The second-order valence-corrected chi connectivity index (χ2v) is 6.80. The van der Waals surface area contributed by atoms with E-state index in [1.165, 1.54) is 11.1 Å². The monoisotopic (exact) mass is 350 g/mol. The van der Waals surface area contributed by atoms with Crippen LogP contribution in [0.3, 0.4) is 0 Å². The summed E-state index contributed by atoms with van der Waals surface area (Å²) in [6, 6.07) is 17.0. The summed E-state index contributed by atoms with van der Waals surface area (Å²) in [7, 11) is 2.14. The molecule has 2 aromatic carbocycles. The first-order valence-corrected chi connectivity index (χ1v) is 8.94. The normalized spacial score (nSPS) is 12.5. The average molecular weight is 350 g/mol. The van der Waals surface area contributed by atoms with Gasteiger partial charge in [-0.25, -0.2) is 9.67 Å². The molecule has 5 heteroatoms. The van der Waals surface area contributed by atoms with Gasteiger partial charge in [-0.15, -0.1) is 0 Å². The summed E-state index contributed by atoms with van der Waals surface area (Å²) in [5.74, 6) is 0.961. The van der Waals surface area contributed by atoms with Gasteiger partial charge in [-0.05, 0) is 51.6 Å². The van der Waals surface area contributed by atoms with Gasteiger partial charge in [0.2, 0.25) is 0 Å². The van der Waals surface area contributed by atoms with E-state index in [0.717, 1.165) is 18.0 Å². The van der Waals surface area contributed by atoms with Gasteiger partial charge in [0, 0.05) is 18.2 Å². The van der Waals surface area contributed by atoms with Crippen LogP contribution >= 0.6 is 0 Å². The molecule has 0 saturated heterocycles. The van der Waals surface area contributed by atoms with E-state index in [1.807, 2.05) is 12.1 Å². The molecule has 0 aliphatic heterocycles. The van der Waals surface area contributed by atoms with E-state index < -0.39 is 0 Å². The van der Waals surface area contributed by atoms with E-state index in [-0.39, 0.29) is 12.1 Å². The molecule has 0 aliphatic rings. The van der Waals surface area contributed by atoms with Crippen molar-refractivity contribution in [2.45, 2.75) is 39.5 Å². The first kappa shape index (κ1) is 18.1. The van der Waals surface area contributed by atoms with Crippen LogP contribution in [-0.2, 0) is 6.54 Å². The zero-order valence-electron chi connectivity index (χ0n) is 15.8. The van der Waals surface area contributed by atoms with Crippen LogP contribution in [0.5, 0.6) is 5.75 Å². The Bertz CT molecular complexity index is 812. The van der Waals surface area contributed by atoms with Gasteiger partial charge in [-0.1, -0.05) is 30.3 Å². The van der Waals surface area contributed by atoms with Crippen molar-refractivity contribution < 1.29 is 4.74 Å². The minimum atomic E-state index is 0.170. The maximum atomic E-state index is 5.95. The Balaban J connectivity index is 1.71. The van der Waals surface area contributed by atoms with E-state index in [4.69, 9.17) is 4.74 Å². The maximum absolute atomic E-state index is 5.95. The molecule has 1 unspecified atom stereocenters. The molecule has 1 atom stereocenters. The second kappa shape index (κ2) is 8.15. The van der Waals surface area contributed by atoms with Crippen molar-refractivity contribution in [3.05, 3.63) is 72.3 Å². The molecule has 0 aliphatic carbocycles. The van der Waals surface area contributed by atoms with Crippen molar-refractivity contribution in [2.75, 3.05) is 7.05 Å². The van der Waals surface area contributed by atoms with Gasteiger partial charge in [0.1, 0.15) is 18.4 Å². The van der Waals surface area contributed by atoms with Crippen LogP contribution < -0.4 is 4.74 Å². The molecule has 0 N–H and O–H groups in total. The molecular weight excluding hydrogens is 324 g/mol. The van der Waals surface area contributed by atoms with Gasteiger partial charge in [0.05, 0.1) is 11.8 Å². The predicted molar refractivity (Wildman–Crippen MR) is 103 cm³/mol. The third-order valence-electron chi connectivity index (χ3n) is 4.47. The van der Waals surface area contributed by atoms with Crippen molar-refractivity contribution in [1.82, 2.24) is 19.7 Å². The highest BCUT2D eigenvalue weighted by Gasteiger charge is 2.15. The van der Waals surface area contributed by atoms with Gasteiger partial charge in [0.15, 0.2) is 0 Å². The van der Waals surface area contributed by atoms with Crippen LogP contribution in [0.2, 0.25) is 0 Å². The summed E-state index contributed by atoms with van der Waals surface area (Å²) < 4.78 is 7.71. The molecular formula is C21H26N4O. The molecule has 0 amide bonds. The van der Waals surface area contributed by atoms with E-state index in [2.05, 4.69) is 79.2 Å². The lowest BCUT2D eigenvalue weighted by molar-refractivity contribution is 0.222. The summed E-state index contributed by atoms with van der Waals surface area (Å²) in [6.07, 6.45) is 3.42. The quantitative estimate of drug-likeness (QED) is 0.639. The lowest BCUT2D eigenvalue weighted by Crippen LogP contribution is -2.22. The number of aromatic nitrogens is 3. The molecule has 5 nitrogen and oxygen atoms in total. The fourth-order valence-corrected chi connectivity index (χ4v) is 2.91. The summed E-state index contributed by atoms with van der Waals surface area (Å²) in [4.78, 5) is 6.32. The summed E-state index contributed by atoms with van der Waals surface area (Å²) in [5.41, 5.74) is 3.48. The molecule has 0 radical (unpaired) electrons. The summed E-state index contributed by atoms with van der Waals surface area (Å²) >= 11 is 0. The van der Waals surface area contributed by atoms with E-state index in [0.29, 0.717) is 0 Å². The van der Waals surface area contributed by atoms with Crippen molar-refractivity contribution in [2.24, 2.45) is 0 Å². The average Bonchev–Trinajstić information content (AvgIpc) is 3.17. The highest BCUT2D eigenvalue weighted by atomic mass is 16.5. The Morgan fingerprint density at radius 3 is 2.42 bits per heavy atom. The van der Waals surface area contributed by atoms with Gasteiger partial charge >= 0.3 is 0 Å². The van der Waals surface area contributed by atoms with Crippen LogP contribution in [0.15, 0.2) is 61.2 Å². The third-order valence-corrected chi connectivity index (χ3v) is 4.47. The van der Waals surface area contributed by atoms with Gasteiger partial charge < -0.3 is 4.74 Å². The number of rotatable bonds is 7. The SMILES string of the molecule is CC(C)Oc1ccccc1CN(C)C(C)c1ccc(-n2cncn2)cc1. The zero-order valence-corrected chi connectivity index (χ0v) is 15.8. The molecule has 136 valence electrons. The fourth-order valence-electron chi connectivity index (χ4n) is 2.91. The Morgan fingerprint density at radius 1 is 1.04 bits per heavy atom. The van der Waals surface area contributed by atoms with E-state index in [9.17, 15) is 0 Å². The molecule has 3 aromatic rings. The first-order chi connectivity index (χ1) is 12.5. The van der Waals surface area contributed by atoms with Gasteiger partial charge in [-0.2, -0.15) is 5.10 Å². The van der Waals surface area contributed by atoms with Gasteiger partial charge in [0.25, 0.3) is 0 Å². The predicted octanol–water partition coefficient (Wildman–Crippen LogP) is 4.25. The van der Waals surface area contributed by atoms with Crippen molar-refractivity contribution in [3.8, 4) is 11.4 Å². The number of para-hydroxylation sites is 1. The van der Waals surface area contributed by atoms with Crippen LogP contribution in [0.25, 0.3) is 5.69 Å². The molecule has 0 saturated carbocycles. The second-order valence-electron chi connectivity index (χ2n) is 6.80. The minimum Gasteiger partial charge on any atom is -0.491 e. The van der Waals surface area contributed by atoms with E-state index in [1.54, 1.807) is 17.3 Å². The summed E-state index contributed by atoms with van der Waals surface area (Å²) in [6.45, 7) is 7.16. The van der Waals surface area contributed by atoms with E-state index >= 15 is 0 Å². The number of ether oxygens (including phenoxy) is 1. The number of hydrogen-bond acceptors (Lipinski definition) is 4. The smallest absolute Gasteiger partial charge is 0.138 e. The maximum Gasteiger partial charge on any atom is 0.138 e.